The number of aryl methyl sites for hydroxylation is 1. The Balaban J connectivity index is 1.99. The third-order valence-corrected chi connectivity index (χ3v) is 2.83. The summed E-state index contributed by atoms with van der Waals surface area (Å²) < 4.78 is 18.3. The van der Waals surface area contributed by atoms with Crippen molar-refractivity contribution in [3.05, 3.63) is 53.5 Å². The van der Waals surface area contributed by atoms with Gasteiger partial charge >= 0.3 is 0 Å². The van der Waals surface area contributed by atoms with Gasteiger partial charge in [0, 0.05) is 6.04 Å². The zero-order valence-electron chi connectivity index (χ0n) is 10.6. The van der Waals surface area contributed by atoms with Gasteiger partial charge in [0.1, 0.15) is 17.3 Å². The lowest BCUT2D eigenvalue weighted by molar-refractivity contribution is 0.426. The van der Waals surface area contributed by atoms with E-state index in [1.807, 2.05) is 19.1 Å². The van der Waals surface area contributed by atoms with Gasteiger partial charge in [0.2, 0.25) is 0 Å². The van der Waals surface area contributed by atoms with Crippen LogP contribution >= 0.6 is 0 Å². The number of nitrogens with zero attached hydrogens (tertiary/aromatic N) is 1. The molecule has 0 aliphatic heterocycles. The molecule has 1 unspecified atom stereocenters. The fourth-order valence-corrected chi connectivity index (χ4v) is 1.86. The molecule has 0 aliphatic rings. The molecule has 3 nitrogen and oxygen atoms in total. The van der Waals surface area contributed by atoms with Crippen LogP contribution in [-0.4, -0.2) is 4.98 Å². The minimum Gasteiger partial charge on any atom is -0.465 e. The Hall–Kier alpha value is -1.68. The average Bonchev–Trinajstić information content (AvgIpc) is 2.78. The van der Waals surface area contributed by atoms with Crippen molar-refractivity contribution in [3.63, 3.8) is 0 Å². The number of aromatic nitrogens is 1. The molecular weight excluding hydrogens is 231 g/mol. The van der Waals surface area contributed by atoms with E-state index in [9.17, 15) is 4.39 Å². The highest BCUT2D eigenvalue weighted by Gasteiger charge is 2.11. The van der Waals surface area contributed by atoms with E-state index in [1.54, 1.807) is 6.07 Å². The van der Waals surface area contributed by atoms with Crippen LogP contribution in [0, 0.1) is 12.7 Å². The molecule has 96 valence electrons. The first-order valence-corrected chi connectivity index (χ1v) is 6.09. The summed E-state index contributed by atoms with van der Waals surface area (Å²) in [5.41, 5.74) is 0.849. The van der Waals surface area contributed by atoms with Crippen molar-refractivity contribution < 1.29 is 8.81 Å². The molecule has 0 spiro atoms. The van der Waals surface area contributed by atoms with E-state index in [0.29, 0.717) is 6.54 Å². The summed E-state index contributed by atoms with van der Waals surface area (Å²) in [6.07, 6.45) is 2.13. The minimum absolute atomic E-state index is 0.107. The number of hydrogen-bond donors (Lipinski definition) is 1. The normalized spacial score (nSPS) is 12.6. The van der Waals surface area contributed by atoms with Crippen molar-refractivity contribution in [1.29, 1.82) is 0 Å². The lowest BCUT2D eigenvalue weighted by Crippen LogP contribution is -2.21. The Bertz CT molecular complexity index is 493. The third kappa shape index (κ3) is 3.17. The van der Waals surface area contributed by atoms with Crippen LogP contribution in [0.2, 0.25) is 0 Å². The predicted octanol–water partition coefficient (Wildman–Crippen LogP) is 3.36. The molecule has 0 saturated heterocycles. The summed E-state index contributed by atoms with van der Waals surface area (Å²) in [7, 11) is 0. The van der Waals surface area contributed by atoms with E-state index in [4.69, 9.17) is 4.42 Å². The second-order valence-electron chi connectivity index (χ2n) is 4.26. The second-order valence-corrected chi connectivity index (χ2v) is 4.26. The standard InChI is InChI=1S/C14H17FN2O/c1-3-13(14-7-5-11(15)8-16-14)17-9-12-6-4-10(2)18-12/h4-8,13,17H,3,9H2,1-2H3. The molecular formula is C14H17FN2O. The fraction of sp³-hybridized carbons (Fsp3) is 0.357. The molecule has 2 aromatic heterocycles. The minimum atomic E-state index is -0.310. The zero-order valence-corrected chi connectivity index (χ0v) is 10.6. The Morgan fingerprint density at radius 1 is 1.33 bits per heavy atom. The molecule has 1 N–H and O–H groups in total. The van der Waals surface area contributed by atoms with Crippen LogP contribution in [0.4, 0.5) is 4.39 Å². The highest BCUT2D eigenvalue weighted by atomic mass is 19.1. The van der Waals surface area contributed by atoms with Gasteiger partial charge in [-0.1, -0.05) is 6.92 Å². The summed E-state index contributed by atoms with van der Waals surface area (Å²) in [6, 6.07) is 7.14. The molecule has 0 aromatic carbocycles. The summed E-state index contributed by atoms with van der Waals surface area (Å²) in [5, 5.41) is 3.36. The fourth-order valence-electron chi connectivity index (χ4n) is 1.86. The van der Waals surface area contributed by atoms with Crippen molar-refractivity contribution >= 4 is 0 Å². The molecule has 2 rings (SSSR count). The first-order valence-electron chi connectivity index (χ1n) is 6.09. The van der Waals surface area contributed by atoms with Gasteiger partial charge in [-0.2, -0.15) is 0 Å². The maximum atomic E-state index is 12.8. The Morgan fingerprint density at radius 2 is 2.17 bits per heavy atom. The monoisotopic (exact) mass is 248 g/mol. The second kappa shape index (κ2) is 5.78. The molecule has 0 fully saturated rings. The van der Waals surface area contributed by atoms with Crippen LogP contribution in [0.3, 0.4) is 0 Å². The molecule has 0 radical (unpaired) electrons. The van der Waals surface area contributed by atoms with Crippen molar-refractivity contribution in [2.45, 2.75) is 32.9 Å². The Labute approximate surface area is 106 Å². The smallest absolute Gasteiger partial charge is 0.141 e. The number of pyridine rings is 1. The first-order chi connectivity index (χ1) is 8.69. The van der Waals surface area contributed by atoms with Crippen LogP contribution in [0.1, 0.15) is 36.6 Å². The van der Waals surface area contributed by atoms with Crippen molar-refractivity contribution in [2.24, 2.45) is 0 Å². The number of furan rings is 1. The Morgan fingerprint density at radius 3 is 2.72 bits per heavy atom. The topological polar surface area (TPSA) is 38.1 Å². The quantitative estimate of drug-likeness (QED) is 0.881. The molecule has 1 atom stereocenters. The molecule has 0 bridgehead atoms. The lowest BCUT2D eigenvalue weighted by atomic mass is 10.1. The van der Waals surface area contributed by atoms with Gasteiger partial charge in [-0.15, -0.1) is 0 Å². The van der Waals surface area contributed by atoms with Gasteiger partial charge in [-0.25, -0.2) is 4.39 Å². The molecule has 18 heavy (non-hydrogen) atoms. The highest BCUT2D eigenvalue weighted by Crippen LogP contribution is 2.15. The predicted molar refractivity (Wildman–Crippen MR) is 67.5 cm³/mol. The number of hydrogen-bond acceptors (Lipinski definition) is 3. The number of nitrogens with one attached hydrogen (secondary N) is 1. The molecule has 2 heterocycles. The van der Waals surface area contributed by atoms with E-state index < -0.39 is 0 Å². The van der Waals surface area contributed by atoms with Crippen LogP contribution in [-0.2, 0) is 6.54 Å². The van der Waals surface area contributed by atoms with Crippen molar-refractivity contribution in [2.75, 3.05) is 0 Å². The molecule has 0 saturated carbocycles. The van der Waals surface area contributed by atoms with E-state index in [0.717, 1.165) is 23.6 Å². The molecule has 4 heteroatoms. The SMILES string of the molecule is CCC(NCc1ccc(C)o1)c1ccc(F)cn1. The highest BCUT2D eigenvalue weighted by molar-refractivity contribution is 5.11. The van der Waals surface area contributed by atoms with Gasteiger partial charge in [0.05, 0.1) is 18.4 Å². The summed E-state index contributed by atoms with van der Waals surface area (Å²) in [6.45, 7) is 4.63. The molecule has 2 aromatic rings. The van der Waals surface area contributed by atoms with Gasteiger partial charge in [0.25, 0.3) is 0 Å². The van der Waals surface area contributed by atoms with Crippen molar-refractivity contribution in [3.8, 4) is 0 Å². The maximum absolute atomic E-state index is 12.8. The zero-order chi connectivity index (χ0) is 13.0. The third-order valence-electron chi connectivity index (χ3n) is 2.83. The maximum Gasteiger partial charge on any atom is 0.141 e. The van der Waals surface area contributed by atoms with E-state index in [1.165, 1.54) is 12.3 Å². The van der Waals surface area contributed by atoms with E-state index in [-0.39, 0.29) is 11.9 Å². The van der Waals surface area contributed by atoms with Crippen LogP contribution in [0.15, 0.2) is 34.9 Å². The Kier molecular flexibility index (Phi) is 4.10. The van der Waals surface area contributed by atoms with Gasteiger partial charge in [0.15, 0.2) is 0 Å². The summed E-state index contributed by atoms with van der Waals surface area (Å²) in [4.78, 5) is 4.10. The van der Waals surface area contributed by atoms with Crippen molar-refractivity contribution in [1.82, 2.24) is 10.3 Å². The van der Waals surface area contributed by atoms with Crippen LogP contribution in [0.5, 0.6) is 0 Å². The summed E-state index contributed by atoms with van der Waals surface area (Å²) in [5.74, 6) is 1.49. The van der Waals surface area contributed by atoms with Gasteiger partial charge < -0.3 is 9.73 Å². The van der Waals surface area contributed by atoms with Crippen LogP contribution < -0.4 is 5.32 Å². The number of rotatable bonds is 5. The largest absolute Gasteiger partial charge is 0.465 e. The van der Waals surface area contributed by atoms with Gasteiger partial charge in [-0.05, 0) is 37.6 Å². The molecule has 0 amide bonds. The summed E-state index contributed by atoms with van der Waals surface area (Å²) >= 11 is 0. The van der Waals surface area contributed by atoms with Crippen LogP contribution in [0.25, 0.3) is 0 Å². The van der Waals surface area contributed by atoms with E-state index >= 15 is 0 Å². The molecule has 0 aliphatic carbocycles. The number of halogens is 1. The lowest BCUT2D eigenvalue weighted by Gasteiger charge is -2.15. The van der Waals surface area contributed by atoms with E-state index in [2.05, 4.69) is 17.2 Å². The average molecular weight is 248 g/mol. The first kappa shape index (κ1) is 12.8. The van der Waals surface area contributed by atoms with Gasteiger partial charge in [-0.3, -0.25) is 4.98 Å².